The molecule has 12 heteroatoms. The average Bonchev–Trinajstić information content (AvgIpc) is 2.95. The molecule has 3 aromatic carbocycles. The summed E-state index contributed by atoms with van der Waals surface area (Å²) in [6.07, 6.45) is -1.64. The van der Waals surface area contributed by atoms with Gasteiger partial charge in [-0.05, 0) is 66.8 Å². The van der Waals surface area contributed by atoms with Gasteiger partial charge in [-0.3, -0.25) is 0 Å². The predicted molar refractivity (Wildman–Crippen MR) is 156 cm³/mol. The first-order valence-corrected chi connectivity index (χ1v) is 14.1. The van der Waals surface area contributed by atoms with Gasteiger partial charge >= 0.3 is 12.3 Å². The highest BCUT2D eigenvalue weighted by Gasteiger charge is 2.38. The number of halogens is 9. The van der Waals surface area contributed by atoms with E-state index < -0.39 is 50.8 Å². The van der Waals surface area contributed by atoms with Gasteiger partial charge in [0.2, 0.25) is 5.82 Å². The van der Waals surface area contributed by atoms with Crippen LogP contribution in [0.2, 0.25) is 10.0 Å². The molecule has 4 aromatic rings. The predicted octanol–water partition coefficient (Wildman–Crippen LogP) is 9.74. The Morgan fingerprint density at radius 2 is 1.42 bits per heavy atom. The summed E-state index contributed by atoms with van der Waals surface area (Å²) in [5, 5.41) is -1.40. The number of rotatable bonds is 7. The Morgan fingerprint density at radius 3 is 2.02 bits per heavy atom. The molecule has 45 heavy (non-hydrogen) atoms. The van der Waals surface area contributed by atoms with E-state index in [0.717, 1.165) is 67.6 Å². The number of aryl methyl sites for hydroxylation is 1. The SMILES string of the molecule is CCCCCc1cnc(C#Cc2ccc(C(F)(F)Oc3ccc(C#Cc4cc(Cl)c(C(F)(F)F)c(Cl)c4)c(F)c3)c(F)c2)nc1. The number of hydrogen-bond acceptors (Lipinski definition) is 3. The largest absolute Gasteiger partial charge is 0.429 e. The molecule has 0 fully saturated rings. The molecule has 0 aliphatic rings. The summed E-state index contributed by atoms with van der Waals surface area (Å²) in [5.74, 6) is 7.23. The monoisotopic (exact) mass is 664 g/mol. The van der Waals surface area contributed by atoms with Crippen LogP contribution in [0.4, 0.5) is 30.7 Å². The lowest BCUT2D eigenvalue weighted by atomic mass is 10.1. The molecule has 1 heterocycles. The van der Waals surface area contributed by atoms with E-state index in [1.54, 1.807) is 12.4 Å². The highest BCUT2D eigenvalue weighted by Crippen LogP contribution is 2.40. The van der Waals surface area contributed by atoms with Gasteiger partial charge in [0.15, 0.2) is 0 Å². The lowest BCUT2D eigenvalue weighted by Gasteiger charge is -2.19. The normalized spacial score (nSPS) is 11.3. The zero-order valence-corrected chi connectivity index (χ0v) is 24.8. The van der Waals surface area contributed by atoms with Crippen molar-refractivity contribution in [2.45, 2.75) is 44.9 Å². The summed E-state index contributed by atoms with van der Waals surface area (Å²) in [7, 11) is 0. The molecule has 0 aliphatic carbocycles. The van der Waals surface area contributed by atoms with Crippen LogP contribution >= 0.6 is 23.2 Å². The number of hydrogen-bond donors (Lipinski definition) is 0. The Bertz CT molecular complexity index is 1800. The lowest BCUT2D eigenvalue weighted by molar-refractivity contribution is -0.187. The van der Waals surface area contributed by atoms with Crippen LogP contribution in [-0.2, 0) is 18.7 Å². The second-order valence-electron chi connectivity index (χ2n) is 9.64. The van der Waals surface area contributed by atoms with E-state index in [1.165, 1.54) is 6.07 Å². The Hall–Kier alpha value is -4.25. The van der Waals surface area contributed by atoms with Crippen LogP contribution in [0.5, 0.6) is 5.75 Å². The summed E-state index contributed by atoms with van der Waals surface area (Å²) in [5.41, 5.74) is -1.63. The number of alkyl halides is 5. The van der Waals surface area contributed by atoms with Crippen LogP contribution in [0.15, 0.2) is 60.9 Å². The van der Waals surface area contributed by atoms with Crippen LogP contribution in [0.25, 0.3) is 0 Å². The van der Waals surface area contributed by atoms with Gasteiger partial charge in [-0.15, -0.1) is 0 Å². The van der Waals surface area contributed by atoms with Crippen LogP contribution in [0, 0.1) is 35.3 Å². The van der Waals surface area contributed by atoms with E-state index >= 15 is 0 Å². The minimum absolute atomic E-state index is 0.0453. The van der Waals surface area contributed by atoms with Crippen molar-refractivity contribution in [1.29, 1.82) is 0 Å². The zero-order chi connectivity index (χ0) is 32.8. The van der Waals surface area contributed by atoms with Crippen LogP contribution in [0.3, 0.4) is 0 Å². The van der Waals surface area contributed by atoms with Crippen molar-refractivity contribution < 1.29 is 35.5 Å². The van der Waals surface area contributed by atoms with Crippen molar-refractivity contribution in [3.63, 3.8) is 0 Å². The van der Waals surface area contributed by atoms with Gasteiger partial charge in [0.1, 0.15) is 22.9 Å². The van der Waals surface area contributed by atoms with Gasteiger partial charge < -0.3 is 4.74 Å². The van der Waals surface area contributed by atoms with Crippen LogP contribution in [-0.4, -0.2) is 9.97 Å². The molecule has 0 unspecified atom stereocenters. The molecule has 4 rings (SSSR count). The summed E-state index contributed by atoms with van der Waals surface area (Å²) < 4.78 is 103. The standard InChI is InChI=1S/C33H21Cl2F7N2O/c1-2-3-4-5-22-18-43-30(44-19-22)13-8-20-7-12-25(29(37)16-20)33(41,42)45-24-11-10-23(28(36)17-24)9-6-21-14-26(34)31(27(35)15-21)32(38,39)40/h7,10-12,14-19H,2-5H2,1H3. The molecule has 0 spiro atoms. The third-order valence-electron chi connectivity index (χ3n) is 6.23. The Labute approximate surface area is 264 Å². The fourth-order valence-electron chi connectivity index (χ4n) is 4.00. The van der Waals surface area contributed by atoms with Gasteiger partial charge in [0.25, 0.3) is 0 Å². The molecule has 0 amide bonds. The third-order valence-corrected chi connectivity index (χ3v) is 6.83. The van der Waals surface area contributed by atoms with E-state index in [9.17, 15) is 30.7 Å². The Kier molecular flexibility index (Phi) is 10.6. The van der Waals surface area contributed by atoms with E-state index in [2.05, 4.69) is 45.3 Å². The molecule has 1 aromatic heterocycles. The van der Waals surface area contributed by atoms with Crippen molar-refractivity contribution in [3.05, 3.63) is 122 Å². The van der Waals surface area contributed by atoms with Gasteiger partial charge in [-0.2, -0.15) is 22.0 Å². The highest BCUT2D eigenvalue weighted by atomic mass is 35.5. The first-order valence-electron chi connectivity index (χ1n) is 13.3. The lowest BCUT2D eigenvalue weighted by Crippen LogP contribution is -2.23. The molecule has 0 bridgehead atoms. The van der Waals surface area contributed by atoms with E-state index in [-0.39, 0.29) is 22.5 Å². The zero-order valence-electron chi connectivity index (χ0n) is 23.3. The quantitative estimate of drug-likeness (QED) is 0.112. The Morgan fingerprint density at radius 1 is 0.756 bits per heavy atom. The molecule has 3 nitrogen and oxygen atoms in total. The molecule has 0 radical (unpaired) electrons. The summed E-state index contributed by atoms with van der Waals surface area (Å²) in [4.78, 5) is 8.30. The van der Waals surface area contributed by atoms with Crippen LogP contribution in [0.1, 0.15) is 65.4 Å². The van der Waals surface area contributed by atoms with E-state index in [0.29, 0.717) is 6.07 Å². The van der Waals surface area contributed by atoms with E-state index in [4.69, 9.17) is 23.2 Å². The van der Waals surface area contributed by atoms with E-state index in [1.807, 2.05) is 0 Å². The minimum atomic E-state index is -4.79. The first kappa shape index (κ1) is 33.6. The third kappa shape index (κ3) is 8.91. The highest BCUT2D eigenvalue weighted by molar-refractivity contribution is 6.36. The second-order valence-corrected chi connectivity index (χ2v) is 10.5. The van der Waals surface area contributed by atoms with Gasteiger partial charge in [0, 0.05) is 29.6 Å². The second kappa shape index (κ2) is 14.2. The summed E-state index contributed by atoms with van der Waals surface area (Å²) >= 11 is 11.3. The average molecular weight is 665 g/mol. The topological polar surface area (TPSA) is 35.0 Å². The minimum Gasteiger partial charge on any atom is -0.429 e. The summed E-state index contributed by atoms with van der Waals surface area (Å²) in [6, 6.07) is 7.18. The molecule has 0 atom stereocenters. The fourth-order valence-corrected chi connectivity index (χ4v) is 4.71. The van der Waals surface area contributed by atoms with Crippen LogP contribution < -0.4 is 4.74 Å². The maximum absolute atomic E-state index is 14.9. The smallest absolute Gasteiger partial charge is 0.429 e. The Balaban J connectivity index is 1.45. The molecule has 0 aliphatic heterocycles. The fraction of sp³-hybridized carbons (Fsp3) is 0.212. The van der Waals surface area contributed by atoms with Crippen molar-refractivity contribution in [1.82, 2.24) is 9.97 Å². The molecular weight excluding hydrogens is 644 g/mol. The first-order chi connectivity index (χ1) is 21.3. The van der Waals surface area contributed by atoms with Gasteiger partial charge in [-0.1, -0.05) is 60.7 Å². The molecule has 0 saturated carbocycles. The van der Waals surface area contributed by atoms with Crippen molar-refractivity contribution in [2.75, 3.05) is 0 Å². The number of nitrogens with zero attached hydrogens (tertiary/aromatic N) is 2. The van der Waals surface area contributed by atoms with Gasteiger partial charge in [0.05, 0.1) is 21.2 Å². The summed E-state index contributed by atoms with van der Waals surface area (Å²) in [6.45, 7) is 2.10. The number of benzene rings is 3. The molecule has 0 saturated heterocycles. The van der Waals surface area contributed by atoms with Gasteiger partial charge in [-0.25, -0.2) is 18.7 Å². The molecule has 232 valence electrons. The molecule has 0 N–H and O–H groups in total. The number of aromatic nitrogens is 2. The molecular formula is C33H21Cl2F7N2O. The number of unbranched alkanes of at least 4 members (excludes halogenated alkanes) is 2. The van der Waals surface area contributed by atoms with Crippen molar-refractivity contribution in [2.24, 2.45) is 0 Å². The van der Waals surface area contributed by atoms with Crippen molar-refractivity contribution in [3.8, 4) is 29.4 Å². The number of ether oxygens (including phenoxy) is 1. The maximum Gasteiger partial charge on any atom is 0.429 e. The van der Waals surface area contributed by atoms with Crippen molar-refractivity contribution >= 4 is 23.2 Å². The maximum atomic E-state index is 14.9.